The Morgan fingerprint density at radius 1 is 1.45 bits per heavy atom. The van der Waals surface area contributed by atoms with E-state index in [9.17, 15) is 4.39 Å². The molecular weight excluding hydrogens is 273 g/mol. The third kappa shape index (κ3) is 2.99. The second-order valence-corrected chi connectivity index (χ2v) is 6.43. The van der Waals surface area contributed by atoms with Crippen LogP contribution in [0.25, 0.3) is 11.0 Å². The summed E-state index contributed by atoms with van der Waals surface area (Å²) in [5.41, 5.74) is 1.73. The highest BCUT2D eigenvalue weighted by molar-refractivity contribution is 7.99. The first kappa shape index (κ1) is 13.9. The summed E-state index contributed by atoms with van der Waals surface area (Å²) in [6, 6.07) is 5.44. The molecule has 1 unspecified atom stereocenters. The second-order valence-electron chi connectivity index (χ2n) is 5.37. The molecule has 1 atom stereocenters. The number of aromatic nitrogens is 2. The number of aryl methyl sites for hydroxylation is 1. The van der Waals surface area contributed by atoms with Crippen LogP contribution < -0.4 is 5.32 Å². The van der Waals surface area contributed by atoms with Crippen molar-refractivity contribution in [3.8, 4) is 0 Å². The van der Waals surface area contributed by atoms with E-state index in [2.05, 4.69) is 10.3 Å². The molecule has 1 aliphatic heterocycles. The average molecular weight is 293 g/mol. The lowest BCUT2D eigenvalue weighted by atomic mass is 10.0. The van der Waals surface area contributed by atoms with Gasteiger partial charge in [-0.1, -0.05) is 18.2 Å². The van der Waals surface area contributed by atoms with Gasteiger partial charge in [-0.25, -0.2) is 9.37 Å². The van der Waals surface area contributed by atoms with Crippen LogP contribution in [-0.4, -0.2) is 27.9 Å². The summed E-state index contributed by atoms with van der Waals surface area (Å²) in [6.45, 7) is 1.15. The quantitative estimate of drug-likeness (QED) is 0.877. The molecule has 1 aromatic heterocycles. The standard InChI is InChI=1S/C15H20FN3S/c1-19-14-6-5-11(16)10-13(14)18-15(19)20-9-7-12-4-2-3-8-17-12/h5-6,10,12,17H,2-4,7-9H2,1H3. The van der Waals surface area contributed by atoms with E-state index in [1.807, 2.05) is 11.6 Å². The van der Waals surface area contributed by atoms with Crippen molar-refractivity contribution < 1.29 is 4.39 Å². The van der Waals surface area contributed by atoms with Gasteiger partial charge in [0.1, 0.15) is 5.82 Å². The van der Waals surface area contributed by atoms with Gasteiger partial charge in [-0.3, -0.25) is 0 Å². The van der Waals surface area contributed by atoms with Crippen LogP contribution in [0.1, 0.15) is 25.7 Å². The molecule has 2 heterocycles. The van der Waals surface area contributed by atoms with Gasteiger partial charge in [-0.15, -0.1) is 0 Å². The summed E-state index contributed by atoms with van der Waals surface area (Å²) in [7, 11) is 1.99. The van der Waals surface area contributed by atoms with E-state index < -0.39 is 0 Å². The van der Waals surface area contributed by atoms with Crippen LogP contribution in [-0.2, 0) is 7.05 Å². The number of piperidine rings is 1. The van der Waals surface area contributed by atoms with Gasteiger partial charge in [0.05, 0.1) is 11.0 Å². The summed E-state index contributed by atoms with van der Waals surface area (Å²) in [6.07, 6.45) is 5.10. The molecule has 3 nitrogen and oxygen atoms in total. The number of nitrogens with one attached hydrogen (secondary N) is 1. The monoisotopic (exact) mass is 293 g/mol. The molecule has 3 rings (SSSR count). The number of thioether (sulfide) groups is 1. The predicted molar refractivity (Wildman–Crippen MR) is 81.7 cm³/mol. The van der Waals surface area contributed by atoms with Crippen molar-refractivity contribution in [3.05, 3.63) is 24.0 Å². The Labute approximate surface area is 123 Å². The Morgan fingerprint density at radius 3 is 3.15 bits per heavy atom. The third-order valence-corrected chi connectivity index (χ3v) is 4.97. The van der Waals surface area contributed by atoms with Gasteiger partial charge in [-0.05, 0) is 37.9 Å². The third-order valence-electron chi connectivity index (χ3n) is 3.91. The van der Waals surface area contributed by atoms with Gasteiger partial charge in [0.25, 0.3) is 0 Å². The number of nitrogens with zero attached hydrogens (tertiary/aromatic N) is 2. The van der Waals surface area contributed by atoms with Crippen LogP contribution in [0.2, 0.25) is 0 Å². The highest BCUT2D eigenvalue weighted by atomic mass is 32.2. The zero-order chi connectivity index (χ0) is 13.9. The van der Waals surface area contributed by atoms with Crippen molar-refractivity contribution in [1.29, 1.82) is 0 Å². The fourth-order valence-corrected chi connectivity index (χ4v) is 3.78. The van der Waals surface area contributed by atoms with Crippen molar-refractivity contribution in [2.24, 2.45) is 7.05 Å². The van der Waals surface area contributed by atoms with E-state index >= 15 is 0 Å². The van der Waals surface area contributed by atoms with Crippen molar-refractivity contribution in [2.75, 3.05) is 12.3 Å². The van der Waals surface area contributed by atoms with Crippen molar-refractivity contribution in [1.82, 2.24) is 14.9 Å². The van der Waals surface area contributed by atoms with Crippen LogP contribution >= 0.6 is 11.8 Å². The molecule has 108 valence electrons. The normalized spacial score (nSPS) is 19.6. The molecule has 1 N–H and O–H groups in total. The molecule has 0 aliphatic carbocycles. The topological polar surface area (TPSA) is 29.9 Å². The fraction of sp³-hybridized carbons (Fsp3) is 0.533. The number of imidazole rings is 1. The molecule has 5 heteroatoms. The lowest BCUT2D eigenvalue weighted by molar-refractivity contribution is 0.394. The molecule has 0 spiro atoms. The summed E-state index contributed by atoms with van der Waals surface area (Å²) in [4.78, 5) is 4.52. The lowest BCUT2D eigenvalue weighted by Gasteiger charge is -2.22. The maximum absolute atomic E-state index is 13.2. The Bertz CT molecular complexity index is 590. The summed E-state index contributed by atoms with van der Waals surface area (Å²) in [5, 5.41) is 4.54. The lowest BCUT2D eigenvalue weighted by Crippen LogP contribution is -2.34. The Kier molecular flexibility index (Phi) is 4.27. The predicted octanol–water partition coefficient (Wildman–Crippen LogP) is 3.34. The summed E-state index contributed by atoms with van der Waals surface area (Å²) < 4.78 is 15.3. The van der Waals surface area contributed by atoms with E-state index in [0.717, 1.165) is 28.5 Å². The summed E-state index contributed by atoms with van der Waals surface area (Å²) >= 11 is 1.76. The highest BCUT2D eigenvalue weighted by Gasteiger charge is 2.13. The van der Waals surface area contributed by atoms with E-state index in [1.54, 1.807) is 17.8 Å². The first-order chi connectivity index (χ1) is 9.74. The van der Waals surface area contributed by atoms with Crippen LogP contribution in [0.4, 0.5) is 4.39 Å². The molecule has 0 amide bonds. The molecular formula is C15H20FN3S. The minimum atomic E-state index is -0.224. The maximum atomic E-state index is 13.2. The maximum Gasteiger partial charge on any atom is 0.168 e. The number of hydrogen-bond donors (Lipinski definition) is 1. The molecule has 2 aromatic rings. The SMILES string of the molecule is Cn1c(SCCC2CCCCN2)nc2cc(F)ccc21. The molecule has 0 saturated carbocycles. The van der Waals surface area contributed by atoms with Crippen LogP contribution in [0.15, 0.2) is 23.4 Å². The number of fused-ring (bicyclic) bond motifs is 1. The van der Waals surface area contributed by atoms with Gasteiger partial charge >= 0.3 is 0 Å². The van der Waals surface area contributed by atoms with Gasteiger partial charge in [0, 0.05) is 24.9 Å². The Balaban J connectivity index is 1.63. The number of halogens is 1. The highest BCUT2D eigenvalue weighted by Crippen LogP contribution is 2.24. The summed E-state index contributed by atoms with van der Waals surface area (Å²) in [5.74, 6) is 0.829. The van der Waals surface area contributed by atoms with E-state index in [1.165, 1.54) is 37.8 Å². The fourth-order valence-electron chi connectivity index (χ4n) is 2.74. The first-order valence-electron chi connectivity index (χ1n) is 7.22. The van der Waals surface area contributed by atoms with Crippen LogP contribution in [0, 0.1) is 5.82 Å². The zero-order valence-corrected chi connectivity index (χ0v) is 12.5. The largest absolute Gasteiger partial charge is 0.322 e. The molecule has 1 aromatic carbocycles. The van der Waals surface area contributed by atoms with Gasteiger partial charge in [0.2, 0.25) is 0 Å². The smallest absolute Gasteiger partial charge is 0.168 e. The van der Waals surface area contributed by atoms with Crippen molar-refractivity contribution in [2.45, 2.75) is 36.9 Å². The van der Waals surface area contributed by atoms with Crippen molar-refractivity contribution in [3.63, 3.8) is 0 Å². The van der Waals surface area contributed by atoms with Gasteiger partial charge in [0.15, 0.2) is 5.16 Å². The minimum Gasteiger partial charge on any atom is -0.322 e. The van der Waals surface area contributed by atoms with Gasteiger partial charge < -0.3 is 9.88 Å². The van der Waals surface area contributed by atoms with Crippen LogP contribution in [0.3, 0.4) is 0 Å². The molecule has 1 saturated heterocycles. The van der Waals surface area contributed by atoms with E-state index in [4.69, 9.17) is 0 Å². The molecule has 1 fully saturated rings. The van der Waals surface area contributed by atoms with Crippen LogP contribution in [0.5, 0.6) is 0 Å². The number of hydrogen-bond acceptors (Lipinski definition) is 3. The second kappa shape index (κ2) is 6.14. The number of rotatable bonds is 4. The average Bonchev–Trinajstić information content (AvgIpc) is 2.76. The first-order valence-corrected chi connectivity index (χ1v) is 8.21. The molecule has 1 aliphatic rings. The van der Waals surface area contributed by atoms with E-state index in [-0.39, 0.29) is 5.82 Å². The van der Waals surface area contributed by atoms with E-state index in [0.29, 0.717) is 6.04 Å². The number of benzene rings is 1. The van der Waals surface area contributed by atoms with Crippen molar-refractivity contribution >= 4 is 22.8 Å². The zero-order valence-electron chi connectivity index (χ0n) is 11.7. The molecule has 0 radical (unpaired) electrons. The molecule has 0 bridgehead atoms. The van der Waals surface area contributed by atoms with Gasteiger partial charge in [-0.2, -0.15) is 0 Å². The minimum absolute atomic E-state index is 0.224. The Morgan fingerprint density at radius 2 is 2.35 bits per heavy atom. The molecule has 20 heavy (non-hydrogen) atoms. The Hall–Kier alpha value is -1.07.